The van der Waals surface area contributed by atoms with Gasteiger partial charge in [0.05, 0.1) is 5.56 Å². The van der Waals surface area contributed by atoms with E-state index >= 15 is 0 Å². The van der Waals surface area contributed by atoms with Gasteiger partial charge in [-0.25, -0.2) is 4.39 Å². The van der Waals surface area contributed by atoms with Crippen molar-refractivity contribution in [3.63, 3.8) is 0 Å². The number of hydrogen-bond donors (Lipinski definition) is 1. The number of nitrogens with zero attached hydrogens (tertiary/aromatic N) is 1. The summed E-state index contributed by atoms with van der Waals surface area (Å²) < 4.78 is 51.7. The average molecular weight is 430 g/mol. The molecule has 162 valence electrons. The molecule has 2 aromatic carbocycles. The van der Waals surface area contributed by atoms with E-state index in [4.69, 9.17) is 0 Å². The normalized spacial score (nSPS) is 12.4. The van der Waals surface area contributed by atoms with Crippen LogP contribution in [-0.4, -0.2) is 23.6 Å². The molecule has 0 fully saturated rings. The maximum Gasteiger partial charge on any atom is 0.416 e. The first-order chi connectivity index (χ1) is 14.7. The summed E-state index contributed by atoms with van der Waals surface area (Å²) in [6.45, 7) is 1.32. The monoisotopic (exact) mass is 430 g/mol. The smallest absolute Gasteiger partial charge is 0.349 e. The highest BCUT2D eigenvalue weighted by Gasteiger charge is 2.30. The van der Waals surface area contributed by atoms with Crippen molar-refractivity contribution in [3.8, 4) is 0 Å². The van der Waals surface area contributed by atoms with Crippen LogP contribution in [-0.2, 0) is 19.0 Å². The first-order valence-corrected chi connectivity index (χ1v) is 9.82. The van der Waals surface area contributed by atoms with Crippen LogP contribution in [0.5, 0.6) is 0 Å². The number of alkyl halides is 4. The molecule has 0 bridgehead atoms. The van der Waals surface area contributed by atoms with Crippen molar-refractivity contribution in [2.45, 2.75) is 32.1 Å². The van der Waals surface area contributed by atoms with E-state index in [-0.39, 0.29) is 12.5 Å². The Morgan fingerprint density at radius 1 is 0.968 bits per heavy atom. The van der Waals surface area contributed by atoms with Gasteiger partial charge in [-0.3, -0.25) is 9.78 Å². The number of carbonyl (C=O) groups excluding carboxylic acids is 1. The number of carbonyl (C=O) groups is 1. The molecule has 3 nitrogen and oxygen atoms in total. The summed E-state index contributed by atoms with van der Waals surface area (Å²) >= 11 is 0. The summed E-state index contributed by atoms with van der Waals surface area (Å²) in [5, 5.41) is 2.53. The van der Waals surface area contributed by atoms with Crippen LogP contribution in [0.2, 0.25) is 0 Å². The van der Waals surface area contributed by atoms with Gasteiger partial charge in [-0.2, -0.15) is 13.2 Å². The van der Waals surface area contributed by atoms with Crippen molar-refractivity contribution in [3.05, 3.63) is 100 Å². The summed E-state index contributed by atoms with van der Waals surface area (Å²) in [6, 6.07) is 15.9. The lowest BCUT2D eigenvalue weighted by Crippen LogP contribution is -2.28. The lowest BCUT2D eigenvalue weighted by Gasteiger charge is -2.10. The minimum Gasteiger partial charge on any atom is -0.349 e. The molecule has 0 aliphatic carbocycles. The SMILES string of the molecule is CC(F)CNC(=O)c1cccc(Cc2cc(Cc3cccc(C(F)(F)F)c3)ccn2)c1. The van der Waals surface area contributed by atoms with Gasteiger partial charge in [0.1, 0.15) is 6.17 Å². The van der Waals surface area contributed by atoms with Gasteiger partial charge >= 0.3 is 6.18 Å². The molecule has 7 heteroatoms. The molecule has 0 saturated carbocycles. The van der Waals surface area contributed by atoms with Gasteiger partial charge in [-0.05, 0) is 60.4 Å². The number of benzene rings is 2. The van der Waals surface area contributed by atoms with Crippen LogP contribution in [0.3, 0.4) is 0 Å². The molecule has 3 rings (SSSR count). The number of rotatable bonds is 7. The molecule has 0 aliphatic rings. The second kappa shape index (κ2) is 9.73. The predicted molar refractivity (Wildman–Crippen MR) is 111 cm³/mol. The van der Waals surface area contributed by atoms with E-state index in [1.54, 1.807) is 36.5 Å². The predicted octanol–water partition coefficient (Wildman–Crippen LogP) is 5.37. The maximum atomic E-state index is 12.9. The van der Waals surface area contributed by atoms with E-state index < -0.39 is 17.9 Å². The second-order valence-corrected chi connectivity index (χ2v) is 7.40. The Labute approximate surface area is 178 Å². The minimum atomic E-state index is -4.38. The van der Waals surface area contributed by atoms with E-state index in [1.165, 1.54) is 13.0 Å². The highest BCUT2D eigenvalue weighted by atomic mass is 19.4. The Morgan fingerprint density at radius 3 is 2.35 bits per heavy atom. The number of aromatic nitrogens is 1. The molecule has 0 saturated heterocycles. The van der Waals surface area contributed by atoms with Crippen molar-refractivity contribution in [2.24, 2.45) is 0 Å². The third-order valence-corrected chi connectivity index (χ3v) is 4.66. The Hall–Kier alpha value is -3.22. The van der Waals surface area contributed by atoms with Crippen LogP contribution in [0.15, 0.2) is 66.9 Å². The largest absolute Gasteiger partial charge is 0.416 e. The number of amides is 1. The zero-order valence-electron chi connectivity index (χ0n) is 16.9. The molecule has 1 amide bonds. The van der Waals surface area contributed by atoms with Gasteiger partial charge in [0, 0.05) is 30.4 Å². The quantitative estimate of drug-likeness (QED) is 0.512. The van der Waals surface area contributed by atoms with Crippen molar-refractivity contribution in [2.75, 3.05) is 6.54 Å². The van der Waals surface area contributed by atoms with Gasteiger partial charge < -0.3 is 5.32 Å². The fraction of sp³-hybridized carbons (Fsp3) is 0.250. The number of halogens is 4. The summed E-state index contributed by atoms with van der Waals surface area (Å²) in [5.41, 5.74) is 2.75. The Kier molecular flexibility index (Phi) is 7.05. The fourth-order valence-corrected chi connectivity index (χ4v) is 3.20. The van der Waals surface area contributed by atoms with E-state index in [2.05, 4.69) is 10.3 Å². The Bertz CT molecular complexity index is 1050. The number of pyridine rings is 1. The zero-order chi connectivity index (χ0) is 22.4. The maximum absolute atomic E-state index is 12.9. The minimum absolute atomic E-state index is 0.0534. The van der Waals surface area contributed by atoms with E-state index in [0.717, 1.165) is 29.0 Å². The molecule has 0 aliphatic heterocycles. The van der Waals surface area contributed by atoms with E-state index in [1.807, 2.05) is 12.1 Å². The molecule has 1 aromatic heterocycles. The average Bonchev–Trinajstić information content (AvgIpc) is 2.72. The Balaban J connectivity index is 1.71. The molecule has 1 unspecified atom stereocenters. The van der Waals surface area contributed by atoms with Crippen LogP contribution < -0.4 is 5.32 Å². The summed E-state index contributed by atoms with van der Waals surface area (Å²) in [4.78, 5) is 16.5. The highest BCUT2D eigenvalue weighted by molar-refractivity contribution is 5.94. The van der Waals surface area contributed by atoms with Crippen molar-refractivity contribution >= 4 is 5.91 Å². The van der Waals surface area contributed by atoms with Crippen LogP contribution in [0.4, 0.5) is 17.6 Å². The summed E-state index contributed by atoms with van der Waals surface area (Å²) in [6.07, 6.45) is -3.08. The molecule has 3 aromatic rings. The second-order valence-electron chi connectivity index (χ2n) is 7.40. The molecule has 0 spiro atoms. The highest BCUT2D eigenvalue weighted by Crippen LogP contribution is 2.30. The topological polar surface area (TPSA) is 42.0 Å². The number of nitrogens with one attached hydrogen (secondary N) is 1. The van der Waals surface area contributed by atoms with Crippen molar-refractivity contribution in [1.29, 1.82) is 0 Å². The molecular weight excluding hydrogens is 408 g/mol. The lowest BCUT2D eigenvalue weighted by molar-refractivity contribution is -0.137. The molecule has 31 heavy (non-hydrogen) atoms. The van der Waals surface area contributed by atoms with Crippen LogP contribution in [0.1, 0.15) is 45.2 Å². The van der Waals surface area contributed by atoms with Crippen molar-refractivity contribution in [1.82, 2.24) is 10.3 Å². The first-order valence-electron chi connectivity index (χ1n) is 9.82. The number of hydrogen-bond acceptors (Lipinski definition) is 2. The van der Waals surface area contributed by atoms with Gasteiger partial charge in [0.15, 0.2) is 0 Å². The fourth-order valence-electron chi connectivity index (χ4n) is 3.20. The van der Waals surface area contributed by atoms with Gasteiger partial charge in [-0.15, -0.1) is 0 Å². The van der Waals surface area contributed by atoms with E-state index in [0.29, 0.717) is 24.0 Å². The molecule has 1 atom stereocenters. The van der Waals surface area contributed by atoms with Gasteiger partial charge in [0.25, 0.3) is 5.91 Å². The standard InChI is InChI=1S/C24H22F4N2O/c1-16(25)15-30-23(31)20-6-2-4-18(11-20)13-22-14-19(8-9-29-22)10-17-5-3-7-21(12-17)24(26,27)28/h2-9,11-12,14,16H,10,13,15H2,1H3,(H,30,31). The summed E-state index contributed by atoms with van der Waals surface area (Å²) in [5.74, 6) is -0.349. The van der Waals surface area contributed by atoms with Gasteiger partial charge in [-0.1, -0.05) is 30.3 Å². The lowest BCUT2D eigenvalue weighted by atomic mass is 10.0. The molecular formula is C24H22F4N2O. The third-order valence-electron chi connectivity index (χ3n) is 4.66. The van der Waals surface area contributed by atoms with E-state index in [9.17, 15) is 22.4 Å². The molecule has 1 N–H and O–H groups in total. The molecule has 0 radical (unpaired) electrons. The summed E-state index contributed by atoms with van der Waals surface area (Å²) in [7, 11) is 0. The van der Waals surface area contributed by atoms with Crippen LogP contribution >= 0.6 is 0 Å². The molecule has 1 heterocycles. The van der Waals surface area contributed by atoms with Crippen LogP contribution in [0, 0.1) is 0 Å². The first kappa shape index (κ1) is 22.5. The zero-order valence-corrected chi connectivity index (χ0v) is 16.9. The van der Waals surface area contributed by atoms with Gasteiger partial charge in [0.2, 0.25) is 0 Å². The van der Waals surface area contributed by atoms with Crippen LogP contribution in [0.25, 0.3) is 0 Å². The Morgan fingerprint density at radius 2 is 1.65 bits per heavy atom. The van der Waals surface area contributed by atoms with Crippen molar-refractivity contribution < 1.29 is 22.4 Å². The third kappa shape index (κ3) is 6.64.